The molecular weight excluding hydrogens is 414 g/mol. The molecule has 3 rings (SSSR count). The highest BCUT2D eigenvalue weighted by Gasteiger charge is 2.17. The second-order valence-corrected chi connectivity index (χ2v) is 8.46. The summed E-state index contributed by atoms with van der Waals surface area (Å²) in [5.41, 5.74) is 2.00. The Kier molecular flexibility index (Phi) is 6.14. The van der Waals surface area contributed by atoms with Gasteiger partial charge in [0.25, 0.3) is 5.91 Å². The van der Waals surface area contributed by atoms with Gasteiger partial charge < -0.3 is 14.6 Å². The van der Waals surface area contributed by atoms with Crippen molar-refractivity contribution in [1.82, 2.24) is 9.88 Å². The standard InChI is InChI=1S/C20H20ClN3O4S/c1-28-19-12-18(24-9-5-6-10-24)16(21)11-15(19)20(25)22-13-14-7-3-4-8-17(14)23-29(2,26)27/h3-12,23H,13H2,1-2H3,(H,22,25). The molecule has 0 saturated heterocycles. The van der Waals surface area contributed by atoms with Gasteiger partial charge in [0.1, 0.15) is 5.75 Å². The maximum Gasteiger partial charge on any atom is 0.255 e. The van der Waals surface area contributed by atoms with Crippen LogP contribution in [0.3, 0.4) is 0 Å². The van der Waals surface area contributed by atoms with Crippen LogP contribution in [0.5, 0.6) is 5.75 Å². The van der Waals surface area contributed by atoms with Gasteiger partial charge in [-0.2, -0.15) is 0 Å². The van der Waals surface area contributed by atoms with Gasteiger partial charge >= 0.3 is 0 Å². The number of methoxy groups -OCH3 is 1. The first kappa shape index (κ1) is 20.8. The molecule has 0 spiro atoms. The lowest BCUT2D eigenvalue weighted by Gasteiger charge is -2.15. The Morgan fingerprint density at radius 2 is 1.83 bits per heavy atom. The van der Waals surface area contributed by atoms with Crippen molar-refractivity contribution in [1.29, 1.82) is 0 Å². The molecule has 0 aliphatic carbocycles. The smallest absolute Gasteiger partial charge is 0.255 e. The second kappa shape index (κ2) is 8.59. The van der Waals surface area contributed by atoms with Crippen LogP contribution < -0.4 is 14.8 Å². The largest absolute Gasteiger partial charge is 0.496 e. The summed E-state index contributed by atoms with van der Waals surface area (Å²) >= 11 is 6.38. The van der Waals surface area contributed by atoms with Gasteiger partial charge in [-0.1, -0.05) is 29.8 Å². The SMILES string of the molecule is COc1cc(-n2cccc2)c(Cl)cc1C(=O)NCc1ccccc1NS(C)(=O)=O. The van der Waals surface area contributed by atoms with Crippen LogP contribution in [-0.2, 0) is 16.6 Å². The Hall–Kier alpha value is -2.97. The number of hydrogen-bond acceptors (Lipinski definition) is 4. The molecule has 0 radical (unpaired) electrons. The summed E-state index contributed by atoms with van der Waals surface area (Å²) < 4.78 is 32.7. The van der Waals surface area contributed by atoms with Gasteiger partial charge in [-0.25, -0.2) is 8.42 Å². The molecule has 0 unspecified atom stereocenters. The number of amides is 1. The van der Waals surface area contributed by atoms with Crippen molar-refractivity contribution < 1.29 is 17.9 Å². The van der Waals surface area contributed by atoms with Crippen molar-refractivity contribution in [2.45, 2.75) is 6.54 Å². The van der Waals surface area contributed by atoms with Gasteiger partial charge in [-0.15, -0.1) is 0 Å². The Morgan fingerprint density at radius 1 is 1.14 bits per heavy atom. The minimum absolute atomic E-state index is 0.123. The third-order valence-electron chi connectivity index (χ3n) is 4.15. The normalized spacial score (nSPS) is 11.1. The minimum atomic E-state index is -3.44. The van der Waals surface area contributed by atoms with E-state index in [4.69, 9.17) is 16.3 Å². The molecule has 0 aliphatic rings. The van der Waals surface area contributed by atoms with Gasteiger partial charge in [-0.3, -0.25) is 9.52 Å². The lowest BCUT2D eigenvalue weighted by atomic mass is 10.1. The maximum absolute atomic E-state index is 12.7. The summed E-state index contributed by atoms with van der Waals surface area (Å²) in [6, 6.07) is 13.8. The molecule has 3 aromatic rings. The van der Waals surface area contributed by atoms with E-state index < -0.39 is 15.9 Å². The minimum Gasteiger partial charge on any atom is -0.496 e. The average molecular weight is 434 g/mol. The van der Waals surface area contributed by atoms with Gasteiger partial charge in [0.05, 0.1) is 35.3 Å². The number of nitrogens with zero attached hydrogens (tertiary/aromatic N) is 1. The second-order valence-electron chi connectivity index (χ2n) is 6.31. The molecule has 9 heteroatoms. The Morgan fingerprint density at radius 3 is 2.48 bits per heavy atom. The maximum atomic E-state index is 12.7. The quantitative estimate of drug-likeness (QED) is 0.597. The molecule has 2 N–H and O–H groups in total. The predicted molar refractivity (Wildman–Crippen MR) is 113 cm³/mol. The zero-order valence-electron chi connectivity index (χ0n) is 15.8. The van der Waals surface area contributed by atoms with E-state index in [1.807, 2.05) is 29.1 Å². The van der Waals surface area contributed by atoms with Crippen molar-refractivity contribution in [3.63, 3.8) is 0 Å². The number of hydrogen-bond donors (Lipinski definition) is 2. The van der Waals surface area contributed by atoms with Gasteiger partial charge in [0.15, 0.2) is 0 Å². The molecule has 1 amide bonds. The highest BCUT2D eigenvalue weighted by Crippen LogP contribution is 2.30. The summed E-state index contributed by atoms with van der Waals surface area (Å²) in [5.74, 6) is -0.0184. The van der Waals surface area contributed by atoms with Crippen molar-refractivity contribution in [2.75, 3.05) is 18.1 Å². The van der Waals surface area contributed by atoms with E-state index in [9.17, 15) is 13.2 Å². The van der Waals surface area contributed by atoms with Crippen LogP contribution in [0.25, 0.3) is 5.69 Å². The molecule has 2 aromatic carbocycles. The van der Waals surface area contributed by atoms with E-state index in [1.165, 1.54) is 7.11 Å². The number of carbonyl (C=O) groups excluding carboxylic acids is 1. The van der Waals surface area contributed by atoms with Crippen molar-refractivity contribution in [3.05, 3.63) is 77.1 Å². The lowest BCUT2D eigenvalue weighted by molar-refractivity contribution is 0.0948. The van der Waals surface area contributed by atoms with Gasteiger partial charge in [-0.05, 0) is 29.8 Å². The van der Waals surface area contributed by atoms with E-state index >= 15 is 0 Å². The summed E-state index contributed by atoms with van der Waals surface area (Å²) in [6.07, 6.45) is 4.75. The third-order valence-corrected chi connectivity index (χ3v) is 5.04. The summed E-state index contributed by atoms with van der Waals surface area (Å²) in [4.78, 5) is 12.7. The first-order valence-corrected chi connectivity index (χ1v) is 10.9. The van der Waals surface area contributed by atoms with Gasteiger partial charge in [0.2, 0.25) is 10.0 Å². The molecule has 152 valence electrons. The van der Waals surface area contributed by atoms with Crippen LogP contribution in [0.2, 0.25) is 5.02 Å². The van der Waals surface area contributed by atoms with Crippen molar-refractivity contribution in [3.8, 4) is 11.4 Å². The number of ether oxygens (including phenoxy) is 1. The molecule has 0 bridgehead atoms. The molecule has 0 aliphatic heterocycles. The summed E-state index contributed by atoms with van der Waals surface area (Å²) in [7, 11) is -1.96. The van der Waals surface area contributed by atoms with E-state index in [2.05, 4.69) is 10.0 Å². The van der Waals surface area contributed by atoms with Crippen LogP contribution in [0.1, 0.15) is 15.9 Å². The zero-order valence-corrected chi connectivity index (χ0v) is 17.4. The number of sulfonamides is 1. The molecule has 0 saturated carbocycles. The highest BCUT2D eigenvalue weighted by molar-refractivity contribution is 7.92. The Labute approximate surface area is 174 Å². The van der Waals surface area contributed by atoms with E-state index in [1.54, 1.807) is 36.4 Å². The van der Waals surface area contributed by atoms with E-state index in [-0.39, 0.29) is 12.1 Å². The number of carbonyl (C=O) groups is 1. The molecule has 1 aromatic heterocycles. The van der Waals surface area contributed by atoms with Crippen LogP contribution in [-0.4, -0.2) is 32.3 Å². The molecular formula is C20H20ClN3O4S. The third kappa shape index (κ3) is 5.10. The number of anilines is 1. The lowest BCUT2D eigenvalue weighted by Crippen LogP contribution is -2.24. The van der Waals surface area contributed by atoms with Crippen LogP contribution in [0, 0.1) is 0 Å². The zero-order chi connectivity index (χ0) is 21.0. The Balaban J connectivity index is 1.83. The Bertz CT molecular complexity index is 1130. The van der Waals surface area contributed by atoms with Gasteiger partial charge in [0, 0.05) is 25.0 Å². The molecule has 1 heterocycles. The van der Waals surface area contributed by atoms with Crippen molar-refractivity contribution in [2.24, 2.45) is 0 Å². The van der Waals surface area contributed by atoms with Crippen LogP contribution in [0.4, 0.5) is 5.69 Å². The predicted octanol–water partition coefficient (Wildman–Crippen LogP) is 3.44. The topological polar surface area (TPSA) is 89.4 Å². The number of aromatic nitrogens is 1. The van der Waals surface area contributed by atoms with Crippen molar-refractivity contribution >= 4 is 33.2 Å². The highest BCUT2D eigenvalue weighted by atomic mass is 35.5. The first-order chi connectivity index (χ1) is 13.8. The van der Waals surface area contributed by atoms with E-state index in [0.29, 0.717) is 27.7 Å². The summed E-state index contributed by atoms with van der Waals surface area (Å²) in [5, 5.41) is 3.17. The fraction of sp³-hybridized carbons (Fsp3) is 0.150. The average Bonchev–Trinajstić information content (AvgIpc) is 3.20. The van der Waals surface area contributed by atoms with Crippen LogP contribution >= 0.6 is 11.6 Å². The number of nitrogens with one attached hydrogen (secondary N) is 2. The fourth-order valence-corrected chi connectivity index (χ4v) is 3.69. The van der Waals surface area contributed by atoms with Crippen LogP contribution in [0.15, 0.2) is 60.9 Å². The number of halogens is 1. The molecule has 0 fully saturated rings. The first-order valence-electron chi connectivity index (χ1n) is 8.63. The number of para-hydroxylation sites is 1. The number of benzene rings is 2. The fourth-order valence-electron chi connectivity index (χ4n) is 2.83. The molecule has 0 atom stereocenters. The molecule has 7 nitrogen and oxygen atoms in total. The van der Waals surface area contributed by atoms with E-state index in [0.717, 1.165) is 6.26 Å². The monoisotopic (exact) mass is 433 g/mol. The molecule has 29 heavy (non-hydrogen) atoms. The summed E-state index contributed by atoms with van der Waals surface area (Å²) in [6.45, 7) is 0.123. The number of rotatable bonds is 7.